The first-order valence-corrected chi connectivity index (χ1v) is 3.72. The van der Waals surface area contributed by atoms with Gasteiger partial charge in [-0.05, 0) is 24.0 Å². The fourth-order valence-electron chi connectivity index (χ4n) is 0.279. The molecule has 50 valence electrons. The zero-order valence-electron chi connectivity index (χ0n) is 5.13. The van der Waals surface area contributed by atoms with Crippen molar-refractivity contribution in [2.75, 3.05) is 5.75 Å². The third-order valence-electron chi connectivity index (χ3n) is 0.658. The van der Waals surface area contributed by atoms with E-state index >= 15 is 0 Å². The Morgan fingerprint density at radius 1 is 1.80 bits per heavy atom. The van der Waals surface area contributed by atoms with Gasteiger partial charge in [0.25, 0.3) is 0 Å². The van der Waals surface area contributed by atoms with Gasteiger partial charge in [-0.25, -0.2) is 0 Å². The minimum atomic E-state index is 0.462. The van der Waals surface area contributed by atoms with Crippen LogP contribution in [0.15, 0.2) is 23.0 Å². The van der Waals surface area contributed by atoms with Crippen LogP contribution in [0, 0.1) is 10.7 Å². The molecule has 0 bridgehead atoms. The number of thiocyanates is 1. The number of nitrogens with zero attached hydrogens (tertiary/aromatic N) is 2. The molecule has 0 atom stereocenters. The molecule has 0 N–H and O–H groups in total. The smallest absolute Gasteiger partial charge is 0.133 e. The van der Waals surface area contributed by atoms with Crippen LogP contribution in [0.4, 0.5) is 0 Å². The molecular formula is C6H4N2S2. The summed E-state index contributed by atoms with van der Waals surface area (Å²) >= 11 is 5.41. The molecule has 0 amide bonds. The maximum absolute atomic E-state index is 8.14. The Morgan fingerprint density at radius 2 is 2.50 bits per heavy atom. The molecule has 0 rings (SSSR count). The topological polar surface area (TPSA) is 36.1 Å². The van der Waals surface area contributed by atoms with Gasteiger partial charge in [-0.1, -0.05) is 6.58 Å². The number of rotatable bonds is 3. The SMILES string of the molecule is C=C=C(CSC#N)N=C=S. The number of isothiocyanates is 1. The summed E-state index contributed by atoms with van der Waals surface area (Å²) in [5.74, 6) is 0.462. The van der Waals surface area contributed by atoms with E-state index < -0.39 is 0 Å². The number of thioether (sulfide) groups is 1. The minimum absolute atomic E-state index is 0.462. The molecule has 0 saturated heterocycles. The first-order valence-electron chi connectivity index (χ1n) is 2.32. The van der Waals surface area contributed by atoms with Crippen LogP contribution in [-0.2, 0) is 0 Å². The summed E-state index contributed by atoms with van der Waals surface area (Å²) in [6.45, 7) is 3.37. The Morgan fingerprint density at radius 3 is 2.90 bits per heavy atom. The van der Waals surface area contributed by atoms with E-state index in [-0.39, 0.29) is 0 Å². The van der Waals surface area contributed by atoms with E-state index in [9.17, 15) is 0 Å². The van der Waals surface area contributed by atoms with Crippen LogP contribution < -0.4 is 0 Å². The van der Waals surface area contributed by atoms with Crippen LogP contribution in [0.25, 0.3) is 0 Å². The van der Waals surface area contributed by atoms with Gasteiger partial charge in [0.05, 0.1) is 10.9 Å². The lowest BCUT2D eigenvalue weighted by Gasteiger charge is -1.86. The van der Waals surface area contributed by atoms with Crippen molar-refractivity contribution >= 4 is 29.1 Å². The van der Waals surface area contributed by atoms with Gasteiger partial charge in [-0.2, -0.15) is 10.3 Å². The molecule has 0 aliphatic rings. The predicted octanol–water partition coefficient (Wildman–Crippen LogP) is 1.97. The summed E-state index contributed by atoms with van der Waals surface area (Å²) in [5, 5.41) is 12.2. The van der Waals surface area contributed by atoms with Crippen LogP contribution in [0.1, 0.15) is 0 Å². The lowest BCUT2D eigenvalue weighted by molar-refractivity contribution is 1.36. The highest BCUT2D eigenvalue weighted by Gasteiger charge is 1.90. The number of aliphatic imine (C=N–C) groups is 1. The highest BCUT2D eigenvalue weighted by molar-refractivity contribution is 8.03. The van der Waals surface area contributed by atoms with Crippen LogP contribution in [0.2, 0.25) is 0 Å². The Bertz CT molecular complexity index is 239. The molecule has 0 aliphatic carbocycles. The van der Waals surface area contributed by atoms with E-state index in [0.29, 0.717) is 11.4 Å². The normalized spacial score (nSPS) is 6.70. The Kier molecular flexibility index (Phi) is 5.75. The van der Waals surface area contributed by atoms with E-state index in [4.69, 9.17) is 5.26 Å². The summed E-state index contributed by atoms with van der Waals surface area (Å²) in [5.41, 5.74) is 3.09. The monoisotopic (exact) mass is 168 g/mol. The third-order valence-corrected chi connectivity index (χ3v) is 1.30. The molecule has 0 unspecified atom stereocenters. The summed E-state index contributed by atoms with van der Waals surface area (Å²) in [6.07, 6.45) is 0. The average molecular weight is 168 g/mol. The highest BCUT2D eigenvalue weighted by Crippen LogP contribution is 2.04. The molecule has 0 aliphatic heterocycles. The molecule has 0 saturated carbocycles. The van der Waals surface area contributed by atoms with Gasteiger partial charge in [-0.15, -0.1) is 5.73 Å². The molecular weight excluding hydrogens is 164 g/mol. The van der Waals surface area contributed by atoms with Gasteiger partial charge in [0, 0.05) is 0 Å². The number of hydrogen-bond acceptors (Lipinski definition) is 4. The largest absolute Gasteiger partial charge is 0.190 e. The molecule has 4 heteroatoms. The van der Waals surface area contributed by atoms with Crippen molar-refractivity contribution < 1.29 is 0 Å². The van der Waals surface area contributed by atoms with Crippen LogP contribution in [0.3, 0.4) is 0 Å². The number of nitriles is 1. The second-order valence-electron chi connectivity index (χ2n) is 1.21. The van der Waals surface area contributed by atoms with Gasteiger partial charge < -0.3 is 0 Å². The maximum Gasteiger partial charge on any atom is 0.133 e. The average Bonchev–Trinajstić information content (AvgIpc) is 1.98. The van der Waals surface area contributed by atoms with Crippen LogP contribution in [0.5, 0.6) is 0 Å². The molecule has 0 spiro atoms. The van der Waals surface area contributed by atoms with Gasteiger partial charge in [0.15, 0.2) is 0 Å². The van der Waals surface area contributed by atoms with Gasteiger partial charge in [0.1, 0.15) is 11.1 Å². The zero-order chi connectivity index (χ0) is 7.82. The summed E-state index contributed by atoms with van der Waals surface area (Å²) in [6, 6.07) is 0. The van der Waals surface area contributed by atoms with Crippen molar-refractivity contribution in [3.63, 3.8) is 0 Å². The van der Waals surface area contributed by atoms with Crippen molar-refractivity contribution in [1.29, 1.82) is 5.26 Å². The van der Waals surface area contributed by atoms with E-state index in [2.05, 4.69) is 34.7 Å². The summed E-state index contributed by atoms with van der Waals surface area (Å²) < 4.78 is 0. The number of thiocarbonyl (C=S) groups is 1. The third kappa shape index (κ3) is 4.08. The second kappa shape index (κ2) is 6.28. The highest BCUT2D eigenvalue weighted by atomic mass is 32.2. The number of hydrogen-bond donors (Lipinski definition) is 0. The zero-order valence-corrected chi connectivity index (χ0v) is 6.76. The van der Waals surface area contributed by atoms with E-state index in [0.717, 1.165) is 11.8 Å². The Hall–Kier alpha value is -0.840. The van der Waals surface area contributed by atoms with Gasteiger partial charge in [0.2, 0.25) is 0 Å². The van der Waals surface area contributed by atoms with Gasteiger partial charge >= 0.3 is 0 Å². The summed E-state index contributed by atoms with van der Waals surface area (Å²) in [7, 11) is 0. The van der Waals surface area contributed by atoms with E-state index in [1.807, 2.05) is 5.40 Å². The van der Waals surface area contributed by atoms with Crippen molar-refractivity contribution in [1.82, 2.24) is 0 Å². The quantitative estimate of drug-likeness (QED) is 0.280. The molecule has 0 fully saturated rings. The molecule has 0 aromatic rings. The molecule has 0 aromatic carbocycles. The lowest BCUT2D eigenvalue weighted by atomic mass is 10.5. The van der Waals surface area contributed by atoms with E-state index in [1.165, 1.54) is 0 Å². The minimum Gasteiger partial charge on any atom is -0.190 e. The van der Waals surface area contributed by atoms with Crippen LogP contribution >= 0.6 is 24.0 Å². The molecule has 0 aromatic heterocycles. The van der Waals surface area contributed by atoms with Crippen LogP contribution in [-0.4, -0.2) is 10.9 Å². The first-order chi connectivity index (χ1) is 4.85. The molecule has 2 nitrogen and oxygen atoms in total. The first kappa shape index (κ1) is 9.16. The Labute approximate surface area is 69.0 Å². The molecule has 10 heavy (non-hydrogen) atoms. The fourth-order valence-corrected chi connectivity index (χ4v) is 0.757. The van der Waals surface area contributed by atoms with Crippen molar-refractivity contribution in [3.05, 3.63) is 18.0 Å². The predicted molar refractivity (Wildman–Crippen MR) is 45.8 cm³/mol. The van der Waals surface area contributed by atoms with E-state index in [1.54, 1.807) is 0 Å². The standard InChI is InChI=1S/C6H4N2S2/c1-2-6(8-5-9)3-10-4-7/h1,3H2. The summed E-state index contributed by atoms with van der Waals surface area (Å²) in [4.78, 5) is 3.62. The fraction of sp³-hybridized carbons (Fsp3) is 0.167. The maximum atomic E-state index is 8.14. The van der Waals surface area contributed by atoms with Crippen molar-refractivity contribution in [2.45, 2.75) is 0 Å². The molecule has 0 radical (unpaired) electrons. The van der Waals surface area contributed by atoms with Gasteiger partial charge in [-0.3, -0.25) is 0 Å². The lowest BCUT2D eigenvalue weighted by Crippen LogP contribution is -1.77. The van der Waals surface area contributed by atoms with Crippen molar-refractivity contribution in [3.8, 4) is 5.40 Å². The Balaban J connectivity index is 4.02. The second-order valence-corrected chi connectivity index (χ2v) is 2.15. The molecule has 0 heterocycles. The van der Waals surface area contributed by atoms with Crippen molar-refractivity contribution in [2.24, 2.45) is 4.99 Å².